The first kappa shape index (κ1) is 20.6. The van der Waals surface area contributed by atoms with Crippen LogP contribution in [0.1, 0.15) is 15.9 Å². The van der Waals surface area contributed by atoms with Crippen molar-refractivity contribution in [3.8, 4) is 22.6 Å². The minimum atomic E-state index is -4.15. The van der Waals surface area contributed by atoms with E-state index in [1.807, 2.05) is 6.07 Å². The van der Waals surface area contributed by atoms with E-state index in [2.05, 4.69) is 4.98 Å². The number of nitrogens with zero attached hydrogens (tertiary/aromatic N) is 1. The summed E-state index contributed by atoms with van der Waals surface area (Å²) >= 11 is 5.83. The number of halogens is 1. The Balaban J connectivity index is 2.08. The van der Waals surface area contributed by atoms with Crippen LogP contribution >= 0.6 is 11.6 Å². The Labute approximate surface area is 172 Å². The molecule has 1 heterocycles. The largest absolute Gasteiger partial charge is 0.505 e. The quantitative estimate of drug-likeness (QED) is 0.607. The van der Waals surface area contributed by atoms with Crippen molar-refractivity contribution < 1.29 is 28.2 Å². The highest BCUT2D eigenvalue weighted by molar-refractivity contribution is 7.90. The number of aromatic carboxylic acids is 1. The van der Waals surface area contributed by atoms with Crippen molar-refractivity contribution in [2.24, 2.45) is 0 Å². The molecule has 0 saturated carbocycles. The van der Waals surface area contributed by atoms with E-state index in [-0.39, 0.29) is 10.6 Å². The van der Waals surface area contributed by atoms with E-state index >= 15 is 0 Å². The fraction of sp³-hybridized carbons (Fsp3) is 0.100. The van der Waals surface area contributed by atoms with E-state index in [9.17, 15) is 18.3 Å². The molecule has 150 valence electrons. The Bertz CT molecular complexity index is 1180. The Morgan fingerprint density at radius 3 is 2.55 bits per heavy atom. The maximum absolute atomic E-state index is 13.0. The molecule has 3 aromatic rings. The molecule has 0 bridgehead atoms. The van der Waals surface area contributed by atoms with Gasteiger partial charge in [0.15, 0.2) is 15.6 Å². The molecule has 2 N–H and O–H groups in total. The minimum Gasteiger partial charge on any atom is -0.505 e. The molecule has 2 aromatic carbocycles. The van der Waals surface area contributed by atoms with Crippen LogP contribution in [-0.2, 0) is 15.6 Å². The number of aromatic hydroxyl groups is 1. The van der Waals surface area contributed by atoms with Gasteiger partial charge in [0.1, 0.15) is 10.6 Å². The molecule has 29 heavy (non-hydrogen) atoms. The number of pyridine rings is 1. The summed E-state index contributed by atoms with van der Waals surface area (Å²) in [5.74, 6) is -2.25. The lowest BCUT2D eigenvalue weighted by Gasteiger charge is -2.13. The van der Waals surface area contributed by atoms with E-state index in [1.165, 1.54) is 7.11 Å². The van der Waals surface area contributed by atoms with Crippen molar-refractivity contribution in [2.75, 3.05) is 7.11 Å². The highest BCUT2D eigenvalue weighted by atomic mass is 35.5. The number of ether oxygens (including phenoxy) is 1. The van der Waals surface area contributed by atoms with Crippen LogP contribution in [0, 0.1) is 0 Å². The molecular formula is C20H16ClNO6S. The second-order valence-electron chi connectivity index (χ2n) is 6.14. The molecule has 3 rings (SSSR count). The fourth-order valence-electron chi connectivity index (χ4n) is 2.82. The molecular weight excluding hydrogens is 418 g/mol. The van der Waals surface area contributed by atoms with Gasteiger partial charge >= 0.3 is 5.97 Å². The summed E-state index contributed by atoms with van der Waals surface area (Å²) in [6.45, 7) is 0. The van der Waals surface area contributed by atoms with Gasteiger partial charge in [0, 0.05) is 23.5 Å². The number of hydrogen-bond donors (Lipinski definition) is 2. The first-order valence-electron chi connectivity index (χ1n) is 8.29. The maximum atomic E-state index is 13.0. The number of rotatable bonds is 6. The molecule has 0 fully saturated rings. The smallest absolute Gasteiger partial charge is 0.335 e. The predicted octanol–water partition coefficient (Wildman–Crippen LogP) is 3.79. The predicted molar refractivity (Wildman–Crippen MR) is 107 cm³/mol. The number of aromatic nitrogens is 1. The maximum Gasteiger partial charge on any atom is 0.335 e. The molecule has 0 saturated heterocycles. The van der Waals surface area contributed by atoms with Crippen LogP contribution in [0.15, 0.2) is 59.8 Å². The number of methoxy groups -OCH3 is 1. The number of benzene rings is 2. The van der Waals surface area contributed by atoms with Gasteiger partial charge in [0.2, 0.25) is 0 Å². The lowest BCUT2D eigenvalue weighted by atomic mass is 10.0. The first-order chi connectivity index (χ1) is 13.7. The summed E-state index contributed by atoms with van der Waals surface area (Å²) in [5, 5.41) is 18.9. The molecule has 0 aliphatic rings. The van der Waals surface area contributed by atoms with Crippen molar-refractivity contribution in [3.63, 3.8) is 0 Å². The van der Waals surface area contributed by atoms with Crippen molar-refractivity contribution in [1.82, 2.24) is 4.98 Å². The van der Waals surface area contributed by atoms with E-state index in [0.717, 1.165) is 23.3 Å². The van der Waals surface area contributed by atoms with Gasteiger partial charge in [0.25, 0.3) is 0 Å². The number of carboxylic acids is 1. The lowest BCUT2D eigenvalue weighted by Crippen LogP contribution is -2.09. The van der Waals surface area contributed by atoms with Crippen molar-refractivity contribution in [3.05, 3.63) is 71.0 Å². The number of carboxylic acid groups (broad SMARTS) is 1. The fourth-order valence-corrected chi connectivity index (χ4v) is 4.60. The highest BCUT2D eigenvalue weighted by Gasteiger charge is 2.25. The third-order valence-corrected chi connectivity index (χ3v) is 6.19. The highest BCUT2D eigenvalue weighted by Crippen LogP contribution is 2.36. The van der Waals surface area contributed by atoms with Gasteiger partial charge in [-0.15, -0.1) is 0 Å². The van der Waals surface area contributed by atoms with Crippen LogP contribution in [0.5, 0.6) is 11.5 Å². The number of phenolic OH excluding ortho intramolecular Hbond substituents is 1. The standard InChI is InChI=1S/C20H16ClNO6S/c1-28-17-5-4-12(13-3-2-6-22-10-13)7-15(17)11-29(26,27)18-9-14(20(24)25)8-16(21)19(18)23/h2-10,23H,11H2,1H3,(H,24,25). The van der Waals surface area contributed by atoms with E-state index in [4.69, 9.17) is 21.4 Å². The third kappa shape index (κ3) is 4.33. The first-order valence-corrected chi connectivity index (χ1v) is 10.3. The number of hydrogen-bond acceptors (Lipinski definition) is 6. The van der Waals surface area contributed by atoms with Gasteiger partial charge < -0.3 is 14.9 Å². The summed E-state index contributed by atoms with van der Waals surface area (Å²) in [7, 11) is -2.74. The van der Waals surface area contributed by atoms with Gasteiger partial charge in [0.05, 0.1) is 23.4 Å². The molecule has 0 amide bonds. The zero-order valence-corrected chi connectivity index (χ0v) is 16.7. The van der Waals surface area contributed by atoms with Gasteiger partial charge in [-0.05, 0) is 35.9 Å². The van der Waals surface area contributed by atoms with Crippen molar-refractivity contribution in [1.29, 1.82) is 0 Å². The Kier molecular flexibility index (Phi) is 5.76. The van der Waals surface area contributed by atoms with E-state index < -0.39 is 32.2 Å². The van der Waals surface area contributed by atoms with Crippen LogP contribution in [-0.4, -0.2) is 36.7 Å². The van der Waals surface area contributed by atoms with Crippen molar-refractivity contribution >= 4 is 27.4 Å². The average Bonchev–Trinajstić information content (AvgIpc) is 2.70. The van der Waals surface area contributed by atoms with Gasteiger partial charge in [-0.1, -0.05) is 23.7 Å². The average molecular weight is 434 g/mol. The molecule has 0 atom stereocenters. The summed E-state index contributed by atoms with van der Waals surface area (Å²) in [5.41, 5.74) is 1.51. The number of sulfone groups is 1. The minimum absolute atomic E-state index is 0.334. The second kappa shape index (κ2) is 8.10. The van der Waals surface area contributed by atoms with Crippen LogP contribution in [0.2, 0.25) is 5.02 Å². The van der Waals surface area contributed by atoms with E-state index in [0.29, 0.717) is 11.3 Å². The Morgan fingerprint density at radius 2 is 1.93 bits per heavy atom. The van der Waals surface area contributed by atoms with E-state index in [1.54, 1.807) is 36.7 Å². The van der Waals surface area contributed by atoms with Gasteiger partial charge in [-0.3, -0.25) is 4.98 Å². The summed E-state index contributed by atoms with van der Waals surface area (Å²) in [6.07, 6.45) is 3.27. The topological polar surface area (TPSA) is 114 Å². The lowest BCUT2D eigenvalue weighted by molar-refractivity contribution is 0.0696. The molecule has 9 heteroatoms. The molecule has 7 nitrogen and oxygen atoms in total. The molecule has 0 radical (unpaired) electrons. The zero-order chi connectivity index (χ0) is 21.2. The summed E-state index contributed by atoms with van der Waals surface area (Å²) in [6, 6.07) is 10.5. The zero-order valence-electron chi connectivity index (χ0n) is 15.2. The van der Waals surface area contributed by atoms with Crippen molar-refractivity contribution in [2.45, 2.75) is 10.6 Å². The normalized spacial score (nSPS) is 11.2. The monoisotopic (exact) mass is 433 g/mol. The van der Waals surface area contributed by atoms with Gasteiger partial charge in [-0.25, -0.2) is 13.2 Å². The molecule has 0 unspecified atom stereocenters. The number of carbonyl (C=O) groups is 1. The second-order valence-corrected chi connectivity index (χ2v) is 8.50. The molecule has 0 spiro atoms. The third-order valence-electron chi connectivity index (χ3n) is 4.23. The van der Waals surface area contributed by atoms with Crippen LogP contribution in [0.4, 0.5) is 0 Å². The number of phenols is 1. The Morgan fingerprint density at radius 1 is 1.17 bits per heavy atom. The molecule has 0 aliphatic heterocycles. The summed E-state index contributed by atoms with van der Waals surface area (Å²) in [4.78, 5) is 14.7. The summed E-state index contributed by atoms with van der Waals surface area (Å²) < 4.78 is 31.2. The van der Waals surface area contributed by atoms with Crippen LogP contribution in [0.25, 0.3) is 11.1 Å². The molecule has 1 aromatic heterocycles. The Hall–Kier alpha value is -3.10. The van der Waals surface area contributed by atoms with Crippen LogP contribution < -0.4 is 4.74 Å². The molecule has 0 aliphatic carbocycles. The van der Waals surface area contributed by atoms with Gasteiger partial charge in [-0.2, -0.15) is 0 Å². The van der Waals surface area contributed by atoms with Crippen LogP contribution in [0.3, 0.4) is 0 Å². The SMILES string of the molecule is COc1ccc(-c2cccnc2)cc1CS(=O)(=O)c1cc(C(=O)O)cc(Cl)c1O.